The Hall–Kier alpha value is -1.78. The number of nitro groups is 1. The second-order valence-corrected chi connectivity index (χ2v) is 2.67. The lowest BCUT2D eigenvalue weighted by atomic mass is 10.2. The zero-order valence-electron chi connectivity index (χ0n) is 8.02. The molecule has 5 nitrogen and oxygen atoms in total. The Morgan fingerprint density at radius 3 is 2.57 bits per heavy atom. The Morgan fingerprint density at radius 1 is 1.36 bits per heavy atom. The smallest absolute Gasteiger partial charge is 0.232 e. The molecule has 14 heavy (non-hydrogen) atoms. The van der Waals surface area contributed by atoms with Crippen LogP contribution in [-0.2, 0) is 6.54 Å². The first kappa shape index (κ1) is 10.3. The van der Waals surface area contributed by atoms with Crippen LogP contribution >= 0.6 is 0 Å². The van der Waals surface area contributed by atoms with Gasteiger partial charge in [0.25, 0.3) is 0 Å². The fraction of sp³-hybridized carbons (Fsp3) is 0.333. The molecule has 0 aliphatic heterocycles. The van der Waals surface area contributed by atoms with E-state index in [0.717, 1.165) is 0 Å². The summed E-state index contributed by atoms with van der Waals surface area (Å²) in [6.45, 7) is -0.264. The number of benzene rings is 1. The van der Waals surface area contributed by atoms with Crippen LogP contribution in [0.5, 0.6) is 11.5 Å². The lowest BCUT2D eigenvalue weighted by molar-refractivity contribution is -0.496. The number of nitrogens with zero attached hydrogens (tertiary/aromatic N) is 1. The fourth-order valence-electron chi connectivity index (χ4n) is 1.14. The number of rotatable bonds is 4. The maximum Gasteiger partial charge on any atom is 0.232 e. The van der Waals surface area contributed by atoms with E-state index in [0.29, 0.717) is 17.1 Å². The van der Waals surface area contributed by atoms with E-state index < -0.39 is 4.92 Å². The van der Waals surface area contributed by atoms with Gasteiger partial charge in [-0.2, -0.15) is 0 Å². The molecule has 0 saturated carbocycles. The van der Waals surface area contributed by atoms with Gasteiger partial charge in [-0.15, -0.1) is 0 Å². The average Bonchev–Trinajstić information content (AvgIpc) is 2.16. The summed E-state index contributed by atoms with van der Waals surface area (Å²) in [6, 6.07) is 4.95. The molecule has 0 radical (unpaired) electrons. The van der Waals surface area contributed by atoms with E-state index in [9.17, 15) is 10.1 Å². The molecule has 0 unspecified atom stereocenters. The molecule has 0 aliphatic carbocycles. The van der Waals surface area contributed by atoms with Crippen molar-refractivity contribution in [2.24, 2.45) is 0 Å². The van der Waals surface area contributed by atoms with E-state index in [2.05, 4.69) is 0 Å². The lowest BCUT2D eigenvalue weighted by Crippen LogP contribution is -2.01. The third kappa shape index (κ3) is 2.35. The van der Waals surface area contributed by atoms with Crippen molar-refractivity contribution in [3.8, 4) is 11.5 Å². The summed E-state index contributed by atoms with van der Waals surface area (Å²) in [5.41, 5.74) is 0.511. The average molecular weight is 197 g/mol. The molecular weight excluding hydrogens is 186 g/mol. The van der Waals surface area contributed by atoms with Gasteiger partial charge in [-0.3, -0.25) is 10.1 Å². The van der Waals surface area contributed by atoms with Gasteiger partial charge in [0.05, 0.1) is 19.8 Å². The predicted molar refractivity (Wildman–Crippen MR) is 50.2 cm³/mol. The standard InChI is InChI=1S/C9H11NO4/c1-13-8-3-4-9(14-2)7(5-8)6-10(11)12/h3-5H,6H2,1-2H3. The van der Waals surface area contributed by atoms with Gasteiger partial charge in [-0.25, -0.2) is 0 Å². The Balaban J connectivity index is 3.01. The first-order valence-corrected chi connectivity index (χ1v) is 4.00. The van der Waals surface area contributed by atoms with Crippen molar-refractivity contribution in [2.75, 3.05) is 14.2 Å². The third-order valence-corrected chi connectivity index (χ3v) is 1.79. The van der Waals surface area contributed by atoms with Crippen LogP contribution in [0.3, 0.4) is 0 Å². The summed E-state index contributed by atoms with van der Waals surface area (Å²) in [5, 5.41) is 10.3. The molecule has 0 amide bonds. The number of methoxy groups -OCH3 is 2. The summed E-state index contributed by atoms with van der Waals surface area (Å²) >= 11 is 0. The van der Waals surface area contributed by atoms with E-state index in [-0.39, 0.29) is 6.54 Å². The van der Waals surface area contributed by atoms with Crippen LogP contribution in [-0.4, -0.2) is 19.1 Å². The molecule has 0 aliphatic rings. The monoisotopic (exact) mass is 197 g/mol. The highest BCUT2D eigenvalue weighted by molar-refractivity contribution is 5.39. The van der Waals surface area contributed by atoms with Gasteiger partial charge in [0.1, 0.15) is 11.5 Å². The molecule has 0 aromatic heterocycles. The molecule has 0 heterocycles. The van der Waals surface area contributed by atoms with Crippen LogP contribution in [0, 0.1) is 10.1 Å². The van der Waals surface area contributed by atoms with Gasteiger partial charge in [0.15, 0.2) is 0 Å². The van der Waals surface area contributed by atoms with E-state index in [1.165, 1.54) is 14.2 Å². The predicted octanol–water partition coefficient (Wildman–Crippen LogP) is 1.48. The van der Waals surface area contributed by atoms with Crippen LogP contribution in [0.2, 0.25) is 0 Å². The Kier molecular flexibility index (Phi) is 3.28. The minimum absolute atomic E-state index is 0.264. The lowest BCUT2D eigenvalue weighted by Gasteiger charge is -2.06. The van der Waals surface area contributed by atoms with Crippen molar-refractivity contribution < 1.29 is 14.4 Å². The first-order valence-electron chi connectivity index (χ1n) is 4.00. The highest BCUT2D eigenvalue weighted by Gasteiger charge is 2.10. The Bertz CT molecular complexity index is 338. The molecule has 5 heteroatoms. The summed E-state index contributed by atoms with van der Waals surface area (Å²) in [5.74, 6) is 1.09. The molecule has 1 aromatic carbocycles. The first-order chi connectivity index (χ1) is 6.67. The molecule has 0 spiro atoms. The SMILES string of the molecule is COc1ccc(OC)c(C[N+](=O)[O-])c1. The Labute approximate surface area is 81.4 Å². The topological polar surface area (TPSA) is 61.6 Å². The molecule has 1 rings (SSSR count). The fourth-order valence-corrected chi connectivity index (χ4v) is 1.14. The second kappa shape index (κ2) is 4.45. The molecule has 0 atom stereocenters. The molecule has 1 aromatic rings. The molecular formula is C9H11NO4. The van der Waals surface area contributed by atoms with Crippen LogP contribution < -0.4 is 9.47 Å². The maximum absolute atomic E-state index is 10.3. The molecule has 0 saturated heterocycles. The van der Waals surface area contributed by atoms with Crippen molar-refractivity contribution in [1.29, 1.82) is 0 Å². The van der Waals surface area contributed by atoms with Gasteiger partial charge in [0.2, 0.25) is 6.54 Å². The normalized spacial score (nSPS) is 9.57. The number of hydrogen-bond donors (Lipinski definition) is 0. The number of ether oxygens (including phenoxy) is 2. The van der Waals surface area contributed by atoms with Crippen molar-refractivity contribution in [2.45, 2.75) is 6.54 Å². The van der Waals surface area contributed by atoms with Crippen molar-refractivity contribution in [3.63, 3.8) is 0 Å². The summed E-state index contributed by atoms with van der Waals surface area (Å²) in [7, 11) is 2.99. The summed E-state index contributed by atoms with van der Waals surface area (Å²) in [6.07, 6.45) is 0. The van der Waals surface area contributed by atoms with E-state index in [4.69, 9.17) is 9.47 Å². The maximum atomic E-state index is 10.3. The minimum atomic E-state index is -0.405. The van der Waals surface area contributed by atoms with Gasteiger partial charge in [-0.1, -0.05) is 0 Å². The number of hydrogen-bond acceptors (Lipinski definition) is 4. The summed E-state index contributed by atoms with van der Waals surface area (Å²) < 4.78 is 9.94. The van der Waals surface area contributed by atoms with Gasteiger partial charge < -0.3 is 9.47 Å². The van der Waals surface area contributed by atoms with Crippen LogP contribution in [0.15, 0.2) is 18.2 Å². The second-order valence-electron chi connectivity index (χ2n) is 2.67. The molecule has 76 valence electrons. The highest BCUT2D eigenvalue weighted by Crippen LogP contribution is 2.24. The van der Waals surface area contributed by atoms with Gasteiger partial charge in [-0.05, 0) is 18.2 Å². The van der Waals surface area contributed by atoms with E-state index in [1.807, 2.05) is 0 Å². The van der Waals surface area contributed by atoms with Gasteiger partial charge >= 0.3 is 0 Å². The molecule has 0 N–H and O–H groups in total. The minimum Gasteiger partial charge on any atom is -0.497 e. The van der Waals surface area contributed by atoms with Crippen LogP contribution in [0.4, 0.5) is 0 Å². The summed E-state index contributed by atoms with van der Waals surface area (Å²) in [4.78, 5) is 9.94. The quantitative estimate of drug-likeness (QED) is 0.541. The molecule has 0 fully saturated rings. The van der Waals surface area contributed by atoms with Crippen molar-refractivity contribution in [3.05, 3.63) is 33.9 Å². The zero-order valence-corrected chi connectivity index (χ0v) is 8.02. The third-order valence-electron chi connectivity index (χ3n) is 1.79. The zero-order chi connectivity index (χ0) is 10.6. The van der Waals surface area contributed by atoms with Crippen LogP contribution in [0.1, 0.15) is 5.56 Å². The Morgan fingerprint density at radius 2 is 2.07 bits per heavy atom. The van der Waals surface area contributed by atoms with Crippen LogP contribution in [0.25, 0.3) is 0 Å². The van der Waals surface area contributed by atoms with Gasteiger partial charge in [0, 0.05) is 4.92 Å². The van der Waals surface area contributed by atoms with Crippen molar-refractivity contribution in [1.82, 2.24) is 0 Å². The molecule has 0 bridgehead atoms. The largest absolute Gasteiger partial charge is 0.497 e. The van der Waals surface area contributed by atoms with Crippen molar-refractivity contribution >= 4 is 0 Å². The van der Waals surface area contributed by atoms with E-state index in [1.54, 1.807) is 18.2 Å². The van der Waals surface area contributed by atoms with E-state index >= 15 is 0 Å². The highest BCUT2D eigenvalue weighted by atomic mass is 16.6.